The molecule has 0 fully saturated rings. The van der Waals surface area contributed by atoms with Crippen LogP contribution in [0.5, 0.6) is 5.75 Å². The van der Waals surface area contributed by atoms with Crippen LogP contribution >= 0.6 is 0 Å². The van der Waals surface area contributed by atoms with E-state index in [1.807, 2.05) is 51.1 Å². The Labute approximate surface area is 256 Å². The van der Waals surface area contributed by atoms with E-state index in [1.165, 1.54) is 19.3 Å². The molecule has 0 bridgehead atoms. The molecule has 238 valence electrons. The van der Waals surface area contributed by atoms with Crippen LogP contribution in [0.4, 0.5) is 9.18 Å². The van der Waals surface area contributed by atoms with Gasteiger partial charge in [0.05, 0.1) is 20.3 Å². The lowest BCUT2D eigenvalue weighted by Crippen LogP contribution is -2.46. The SMILES string of the molecule is CCO[Si](CCCNC(=O)OCCCCCCOc1ccc(-c2ccc(C=CC(=O)OC)cc2)cc1F)(OCC)OCC. The number of hydrogen-bond donors (Lipinski definition) is 1. The molecule has 0 aliphatic carbocycles. The molecule has 9 nitrogen and oxygen atoms in total. The molecule has 1 amide bonds. The molecule has 1 N–H and O–H groups in total. The summed E-state index contributed by atoms with van der Waals surface area (Å²) in [6, 6.07) is 12.9. The first kappa shape index (κ1) is 35.9. The Bertz CT molecular complexity index is 1110. The molecule has 0 unspecified atom stereocenters. The van der Waals surface area contributed by atoms with Crippen molar-refractivity contribution in [3.8, 4) is 16.9 Å². The normalized spacial score (nSPS) is 11.5. The molecule has 2 rings (SSSR count). The number of rotatable bonds is 21. The Morgan fingerprint density at radius 1 is 0.837 bits per heavy atom. The van der Waals surface area contributed by atoms with Crippen molar-refractivity contribution < 1.29 is 41.5 Å². The zero-order valence-electron chi connectivity index (χ0n) is 25.8. The second kappa shape index (κ2) is 20.6. The summed E-state index contributed by atoms with van der Waals surface area (Å²) in [6.07, 6.45) is 6.49. The van der Waals surface area contributed by atoms with Crippen LogP contribution in [-0.2, 0) is 27.5 Å². The highest BCUT2D eigenvalue weighted by Gasteiger charge is 2.39. The van der Waals surface area contributed by atoms with Gasteiger partial charge in [0.15, 0.2) is 11.6 Å². The van der Waals surface area contributed by atoms with Gasteiger partial charge in [-0.15, -0.1) is 0 Å². The lowest BCUT2D eigenvalue weighted by atomic mass is 10.0. The zero-order valence-corrected chi connectivity index (χ0v) is 26.8. The Balaban J connectivity index is 1.60. The Hall–Kier alpha value is -3.25. The highest BCUT2D eigenvalue weighted by Crippen LogP contribution is 2.26. The average molecular weight is 620 g/mol. The van der Waals surface area contributed by atoms with Crippen LogP contribution in [0.1, 0.15) is 58.4 Å². The third-order valence-corrected chi connectivity index (χ3v) is 9.49. The Morgan fingerprint density at radius 3 is 2.07 bits per heavy atom. The van der Waals surface area contributed by atoms with E-state index in [9.17, 15) is 14.0 Å². The molecule has 2 aromatic rings. The topological polar surface area (TPSA) is 102 Å². The molecule has 0 saturated carbocycles. The van der Waals surface area contributed by atoms with Crippen molar-refractivity contribution in [3.05, 3.63) is 59.9 Å². The predicted molar refractivity (Wildman–Crippen MR) is 166 cm³/mol. The number of halogens is 1. The smallest absolute Gasteiger partial charge is 0.491 e. The molecule has 0 aromatic heterocycles. The number of methoxy groups -OCH3 is 1. The summed E-state index contributed by atoms with van der Waals surface area (Å²) in [5.41, 5.74) is 2.42. The second-order valence-corrected chi connectivity index (χ2v) is 12.3. The van der Waals surface area contributed by atoms with E-state index in [2.05, 4.69) is 10.1 Å². The maximum Gasteiger partial charge on any atom is 0.500 e. The predicted octanol–water partition coefficient (Wildman–Crippen LogP) is 6.78. The number of carbonyl (C=O) groups is 2. The van der Waals surface area contributed by atoms with Crippen molar-refractivity contribution >= 4 is 26.9 Å². The standard InChI is InChI=1S/C32H46FNO8Si/c1-5-40-43(41-6-2,42-7-3)24-12-21-34-32(36)39-23-11-9-8-10-22-38-30-19-18-28(25-29(30)33)27-16-13-26(14-17-27)15-20-31(35)37-4/h13-20,25H,5-12,21-24H2,1-4H3,(H,34,36). The van der Waals surface area contributed by atoms with Gasteiger partial charge in [-0.3, -0.25) is 0 Å². The van der Waals surface area contributed by atoms with Crippen LogP contribution < -0.4 is 10.1 Å². The van der Waals surface area contributed by atoms with Crippen LogP contribution in [-0.4, -0.2) is 67.6 Å². The minimum atomic E-state index is -2.70. The van der Waals surface area contributed by atoms with Crippen LogP contribution in [0.2, 0.25) is 6.04 Å². The number of ether oxygens (including phenoxy) is 3. The van der Waals surface area contributed by atoms with Crippen LogP contribution in [0.15, 0.2) is 48.5 Å². The van der Waals surface area contributed by atoms with Crippen LogP contribution in [0, 0.1) is 5.82 Å². The molecule has 0 atom stereocenters. The molecule has 2 aromatic carbocycles. The lowest BCUT2D eigenvalue weighted by Gasteiger charge is -2.28. The summed E-state index contributed by atoms with van der Waals surface area (Å²) in [5, 5.41) is 2.76. The van der Waals surface area contributed by atoms with Crippen molar-refractivity contribution in [1.82, 2.24) is 5.32 Å². The highest BCUT2D eigenvalue weighted by atomic mass is 28.4. The van der Waals surface area contributed by atoms with Gasteiger partial charge in [-0.25, -0.2) is 14.0 Å². The average Bonchev–Trinajstić information content (AvgIpc) is 3.00. The van der Waals surface area contributed by atoms with E-state index in [-0.39, 0.29) is 5.75 Å². The van der Waals surface area contributed by atoms with Gasteiger partial charge in [-0.05, 0) is 87.8 Å². The molecule has 11 heteroatoms. The molecule has 0 aliphatic heterocycles. The van der Waals surface area contributed by atoms with Crippen molar-refractivity contribution in [3.63, 3.8) is 0 Å². The fraction of sp³-hybridized carbons (Fsp3) is 0.500. The zero-order chi connectivity index (χ0) is 31.3. The van der Waals surface area contributed by atoms with Gasteiger partial charge in [0.2, 0.25) is 0 Å². The van der Waals surface area contributed by atoms with Gasteiger partial charge in [-0.2, -0.15) is 0 Å². The molecule has 0 aliphatic rings. The fourth-order valence-electron chi connectivity index (χ4n) is 4.27. The summed E-state index contributed by atoms with van der Waals surface area (Å²) in [6.45, 7) is 8.51. The first-order valence-electron chi connectivity index (χ1n) is 15.0. The van der Waals surface area contributed by atoms with Crippen molar-refractivity contribution in [2.45, 2.75) is 58.9 Å². The van der Waals surface area contributed by atoms with Gasteiger partial charge in [-0.1, -0.05) is 30.3 Å². The number of alkyl carbamates (subject to hydrolysis) is 1. The van der Waals surface area contributed by atoms with Gasteiger partial charge in [0.1, 0.15) is 0 Å². The summed E-state index contributed by atoms with van der Waals surface area (Å²) < 4.78 is 47.6. The van der Waals surface area contributed by atoms with Crippen molar-refractivity contribution in [2.75, 3.05) is 46.7 Å². The van der Waals surface area contributed by atoms with E-state index in [0.29, 0.717) is 52.0 Å². The summed E-state index contributed by atoms with van der Waals surface area (Å²) in [5.74, 6) is -0.635. The number of amides is 1. The highest BCUT2D eigenvalue weighted by molar-refractivity contribution is 6.60. The second-order valence-electron chi connectivity index (χ2n) is 9.53. The quantitative estimate of drug-likeness (QED) is 0.0706. The number of nitrogens with one attached hydrogen (secondary N) is 1. The third-order valence-electron chi connectivity index (χ3n) is 6.34. The molecular weight excluding hydrogens is 573 g/mol. The van der Waals surface area contributed by atoms with E-state index < -0.39 is 26.7 Å². The minimum absolute atomic E-state index is 0.213. The van der Waals surface area contributed by atoms with Gasteiger partial charge in [0, 0.05) is 38.5 Å². The number of unbranched alkanes of at least 4 members (excludes halogenated alkanes) is 3. The largest absolute Gasteiger partial charge is 0.500 e. The van der Waals surface area contributed by atoms with Gasteiger partial charge >= 0.3 is 20.9 Å². The first-order valence-corrected chi connectivity index (χ1v) is 16.9. The molecule has 0 saturated heterocycles. The maximum atomic E-state index is 14.6. The van der Waals surface area contributed by atoms with Gasteiger partial charge < -0.3 is 32.8 Å². The number of esters is 1. The summed E-state index contributed by atoms with van der Waals surface area (Å²) in [4.78, 5) is 23.2. The van der Waals surface area contributed by atoms with Crippen LogP contribution in [0.3, 0.4) is 0 Å². The number of carbonyl (C=O) groups excluding carboxylic acids is 2. The fourth-order valence-corrected chi connectivity index (χ4v) is 6.88. The van der Waals surface area contributed by atoms with Crippen molar-refractivity contribution in [1.29, 1.82) is 0 Å². The third kappa shape index (κ3) is 13.7. The lowest BCUT2D eigenvalue weighted by molar-refractivity contribution is -0.134. The molecule has 0 heterocycles. The van der Waals surface area contributed by atoms with E-state index in [1.54, 1.807) is 12.1 Å². The Kier molecular flexibility index (Phi) is 17.2. The van der Waals surface area contributed by atoms with Gasteiger partial charge in [0.25, 0.3) is 0 Å². The van der Waals surface area contributed by atoms with Crippen molar-refractivity contribution in [2.24, 2.45) is 0 Å². The molecule has 0 radical (unpaired) electrons. The Morgan fingerprint density at radius 2 is 1.47 bits per heavy atom. The molecular formula is C32H46FNO8Si. The van der Waals surface area contributed by atoms with E-state index >= 15 is 0 Å². The number of hydrogen-bond acceptors (Lipinski definition) is 8. The maximum absolute atomic E-state index is 14.6. The first-order chi connectivity index (χ1) is 20.9. The van der Waals surface area contributed by atoms with Crippen LogP contribution in [0.25, 0.3) is 17.2 Å². The monoisotopic (exact) mass is 619 g/mol. The summed E-state index contributed by atoms with van der Waals surface area (Å²) in [7, 11) is -1.38. The summed E-state index contributed by atoms with van der Waals surface area (Å²) >= 11 is 0. The minimum Gasteiger partial charge on any atom is -0.491 e. The number of benzene rings is 2. The molecule has 43 heavy (non-hydrogen) atoms. The molecule has 0 spiro atoms. The van der Waals surface area contributed by atoms with E-state index in [4.69, 9.17) is 22.8 Å². The van der Waals surface area contributed by atoms with E-state index in [0.717, 1.165) is 42.4 Å².